The number of aromatic nitrogens is 2. The van der Waals surface area contributed by atoms with E-state index in [4.69, 9.17) is 0 Å². The molecular weight excluding hydrogens is 308 g/mol. The lowest BCUT2D eigenvalue weighted by atomic mass is 10.2. The first-order chi connectivity index (χ1) is 8.49. The average Bonchev–Trinajstić information content (AvgIpc) is 2.55. The van der Waals surface area contributed by atoms with Crippen LogP contribution in [0.1, 0.15) is 22.5 Å². The van der Waals surface area contributed by atoms with E-state index in [-0.39, 0.29) is 0 Å². The second kappa shape index (κ2) is 5.49. The van der Waals surface area contributed by atoms with Gasteiger partial charge in [0.15, 0.2) is 0 Å². The Balaban J connectivity index is 2.19. The smallest absolute Gasteiger partial charge is 0.0738 e. The highest BCUT2D eigenvalue weighted by Crippen LogP contribution is 2.30. The van der Waals surface area contributed by atoms with E-state index in [1.54, 1.807) is 0 Å². The van der Waals surface area contributed by atoms with E-state index >= 15 is 0 Å². The van der Waals surface area contributed by atoms with Crippen LogP contribution >= 0.6 is 27.7 Å². The number of halogens is 1. The molecule has 0 aliphatic heterocycles. The first-order valence-corrected chi connectivity index (χ1v) is 7.65. The van der Waals surface area contributed by atoms with Gasteiger partial charge in [-0.3, -0.25) is 4.68 Å². The molecule has 18 heavy (non-hydrogen) atoms. The largest absolute Gasteiger partial charge is 0.270 e. The molecule has 0 spiro atoms. The zero-order valence-corrected chi connectivity index (χ0v) is 13.5. The molecular formula is C14H17BrN2S. The number of hydrogen-bond donors (Lipinski definition) is 0. The molecule has 0 N–H and O–H groups in total. The molecule has 0 amide bonds. The molecule has 2 nitrogen and oxygen atoms in total. The van der Waals surface area contributed by atoms with Crippen molar-refractivity contribution in [1.82, 2.24) is 9.78 Å². The Hall–Kier alpha value is -0.740. The summed E-state index contributed by atoms with van der Waals surface area (Å²) in [6.45, 7) is 6.31. The summed E-state index contributed by atoms with van der Waals surface area (Å²) < 4.78 is 3.08. The number of aryl methyl sites for hydroxylation is 4. The Morgan fingerprint density at radius 3 is 2.61 bits per heavy atom. The van der Waals surface area contributed by atoms with Crippen LogP contribution in [0, 0.1) is 20.8 Å². The summed E-state index contributed by atoms with van der Waals surface area (Å²) in [7, 11) is 2.00. The molecule has 1 aromatic heterocycles. The van der Waals surface area contributed by atoms with Crippen LogP contribution in [0.5, 0.6) is 0 Å². The van der Waals surface area contributed by atoms with Crippen molar-refractivity contribution >= 4 is 27.7 Å². The van der Waals surface area contributed by atoms with Crippen molar-refractivity contribution in [3.05, 3.63) is 45.2 Å². The summed E-state index contributed by atoms with van der Waals surface area (Å²) in [4.78, 5) is 1.35. The Morgan fingerprint density at radius 2 is 2.00 bits per heavy atom. The van der Waals surface area contributed by atoms with Gasteiger partial charge >= 0.3 is 0 Å². The SMILES string of the molecule is Cc1ccc(C)c(SCc2c(Br)c(C)nn2C)c1. The van der Waals surface area contributed by atoms with Crippen molar-refractivity contribution in [1.29, 1.82) is 0 Å². The van der Waals surface area contributed by atoms with E-state index in [1.807, 2.05) is 30.4 Å². The number of nitrogens with zero attached hydrogens (tertiary/aromatic N) is 2. The van der Waals surface area contributed by atoms with Gasteiger partial charge in [0.2, 0.25) is 0 Å². The molecule has 0 unspecified atom stereocenters. The van der Waals surface area contributed by atoms with Crippen LogP contribution in [0.25, 0.3) is 0 Å². The summed E-state index contributed by atoms with van der Waals surface area (Å²) in [5, 5.41) is 4.42. The van der Waals surface area contributed by atoms with Gasteiger partial charge in [-0.2, -0.15) is 5.10 Å². The molecule has 1 aromatic carbocycles. The molecule has 4 heteroatoms. The molecule has 0 aliphatic rings. The van der Waals surface area contributed by atoms with E-state index in [2.05, 4.69) is 53.1 Å². The third-order valence-corrected chi connectivity index (χ3v) is 5.17. The summed E-state index contributed by atoms with van der Waals surface area (Å²) in [5.74, 6) is 0.933. The first-order valence-electron chi connectivity index (χ1n) is 5.87. The summed E-state index contributed by atoms with van der Waals surface area (Å²) in [6.07, 6.45) is 0. The van der Waals surface area contributed by atoms with Gasteiger partial charge in [-0.15, -0.1) is 11.8 Å². The molecule has 0 saturated heterocycles. The Kier molecular flexibility index (Phi) is 4.17. The minimum Gasteiger partial charge on any atom is -0.270 e. The molecule has 0 fully saturated rings. The van der Waals surface area contributed by atoms with Crippen molar-refractivity contribution in [3.8, 4) is 0 Å². The molecule has 0 radical (unpaired) electrons. The number of benzene rings is 1. The van der Waals surface area contributed by atoms with Crippen LogP contribution < -0.4 is 0 Å². The van der Waals surface area contributed by atoms with E-state index < -0.39 is 0 Å². The fourth-order valence-corrected chi connectivity index (χ4v) is 3.70. The van der Waals surface area contributed by atoms with Crippen molar-refractivity contribution in [2.45, 2.75) is 31.4 Å². The molecule has 96 valence electrons. The molecule has 0 bridgehead atoms. The third kappa shape index (κ3) is 2.81. The second-order valence-corrected chi connectivity index (χ2v) is 6.34. The van der Waals surface area contributed by atoms with Gasteiger partial charge in [0.1, 0.15) is 0 Å². The molecule has 1 heterocycles. The zero-order chi connectivity index (χ0) is 13.3. The van der Waals surface area contributed by atoms with Crippen molar-refractivity contribution in [2.24, 2.45) is 7.05 Å². The second-order valence-electron chi connectivity index (χ2n) is 4.53. The molecule has 0 saturated carbocycles. The maximum absolute atomic E-state index is 4.42. The Bertz CT molecular complexity index is 575. The topological polar surface area (TPSA) is 17.8 Å². The van der Waals surface area contributed by atoms with Crippen molar-refractivity contribution in [3.63, 3.8) is 0 Å². The summed E-state index contributed by atoms with van der Waals surface area (Å²) >= 11 is 5.48. The third-order valence-electron chi connectivity index (χ3n) is 2.97. The molecule has 2 rings (SSSR count). The maximum Gasteiger partial charge on any atom is 0.0738 e. The maximum atomic E-state index is 4.42. The van der Waals surface area contributed by atoms with Crippen molar-refractivity contribution < 1.29 is 0 Å². The van der Waals surface area contributed by atoms with Crippen LogP contribution in [0.4, 0.5) is 0 Å². The van der Waals surface area contributed by atoms with Gasteiger partial charge in [-0.25, -0.2) is 0 Å². The van der Waals surface area contributed by atoms with Gasteiger partial charge in [-0.05, 0) is 48.3 Å². The summed E-state index contributed by atoms with van der Waals surface area (Å²) in [6, 6.07) is 6.59. The Labute approximate surface area is 121 Å². The van der Waals surface area contributed by atoms with Crippen LogP contribution in [0.2, 0.25) is 0 Å². The average molecular weight is 325 g/mol. The van der Waals surface area contributed by atoms with Crippen LogP contribution in [0.15, 0.2) is 27.6 Å². The zero-order valence-electron chi connectivity index (χ0n) is 11.1. The first kappa shape index (κ1) is 13.7. The van der Waals surface area contributed by atoms with E-state index in [9.17, 15) is 0 Å². The lowest BCUT2D eigenvalue weighted by molar-refractivity contribution is 0.727. The quantitative estimate of drug-likeness (QED) is 0.779. The predicted molar refractivity (Wildman–Crippen MR) is 81.1 cm³/mol. The molecule has 0 aliphatic carbocycles. The number of rotatable bonds is 3. The standard InChI is InChI=1S/C14H17BrN2S/c1-9-5-6-10(2)13(7-9)18-8-12-14(15)11(3)16-17(12)4/h5-7H,8H2,1-4H3. The van der Waals surface area contributed by atoms with Crippen LogP contribution in [-0.4, -0.2) is 9.78 Å². The van der Waals surface area contributed by atoms with Gasteiger partial charge in [0.25, 0.3) is 0 Å². The van der Waals surface area contributed by atoms with Gasteiger partial charge < -0.3 is 0 Å². The fraction of sp³-hybridized carbons (Fsp3) is 0.357. The fourth-order valence-electron chi connectivity index (χ4n) is 1.85. The summed E-state index contributed by atoms with van der Waals surface area (Å²) in [5.41, 5.74) is 4.93. The highest BCUT2D eigenvalue weighted by molar-refractivity contribution is 9.10. The Morgan fingerprint density at radius 1 is 1.28 bits per heavy atom. The van der Waals surface area contributed by atoms with E-state index in [1.165, 1.54) is 21.7 Å². The molecule has 2 aromatic rings. The number of thioether (sulfide) groups is 1. The highest BCUT2D eigenvalue weighted by Gasteiger charge is 2.11. The van der Waals surface area contributed by atoms with E-state index in [0.29, 0.717) is 0 Å². The lowest BCUT2D eigenvalue weighted by Crippen LogP contribution is -1.97. The minimum atomic E-state index is 0.933. The van der Waals surface area contributed by atoms with Gasteiger partial charge in [-0.1, -0.05) is 17.7 Å². The van der Waals surface area contributed by atoms with E-state index in [0.717, 1.165) is 15.9 Å². The van der Waals surface area contributed by atoms with Crippen molar-refractivity contribution in [2.75, 3.05) is 0 Å². The van der Waals surface area contributed by atoms with Gasteiger partial charge in [0, 0.05) is 17.7 Å². The lowest BCUT2D eigenvalue weighted by Gasteiger charge is -2.07. The monoisotopic (exact) mass is 324 g/mol. The highest BCUT2D eigenvalue weighted by atomic mass is 79.9. The van der Waals surface area contributed by atoms with Crippen LogP contribution in [0.3, 0.4) is 0 Å². The van der Waals surface area contributed by atoms with Crippen LogP contribution in [-0.2, 0) is 12.8 Å². The number of hydrogen-bond acceptors (Lipinski definition) is 2. The predicted octanol–water partition coefficient (Wildman–Crippen LogP) is 4.40. The van der Waals surface area contributed by atoms with Gasteiger partial charge in [0.05, 0.1) is 15.9 Å². The molecule has 0 atom stereocenters. The minimum absolute atomic E-state index is 0.933. The normalized spacial score (nSPS) is 10.9.